The molecule has 0 amide bonds. The molecule has 0 aliphatic rings. The third-order valence-corrected chi connectivity index (χ3v) is 9.07. The van der Waals surface area contributed by atoms with Crippen molar-refractivity contribution in [1.82, 2.24) is 0 Å². The molecule has 4 aromatic rings. The van der Waals surface area contributed by atoms with Crippen molar-refractivity contribution in [3.8, 4) is 11.5 Å². The van der Waals surface area contributed by atoms with Crippen LogP contribution in [0.5, 0.6) is 11.5 Å². The van der Waals surface area contributed by atoms with Gasteiger partial charge in [0.15, 0.2) is 9.84 Å². The molecule has 232 valence electrons. The number of non-ortho nitro benzene ring substituents is 2. The van der Waals surface area contributed by atoms with E-state index in [1.807, 2.05) is 0 Å². The summed E-state index contributed by atoms with van der Waals surface area (Å²) in [5.74, 6) is -0.990. The van der Waals surface area contributed by atoms with Gasteiger partial charge in [-0.05, 0) is 47.5 Å². The maximum atomic E-state index is 14.8. The molecule has 0 aromatic heterocycles. The summed E-state index contributed by atoms with van der Waals surface area (Å²) in [6.07, 6.45) is 5.36. The summed E-state index contributed by atoms with van der Waals surface area (Å²) in [7, 11) is -2.06. The topological polar surface area (TPSA) is 139 Å². The lowest BCUT2D eigenvalue weighted by atomic mass is 10.1. The molecule has 4 aromatic carbocycles. The van der Waals surface area contributed by atoms with Crippen molar-refractivity contribution in [2.45, 2.75) is 10.5 Å². The van der Waals surface area contributed by atoms with Gasteiger partial charge in [0.25, 0.3) is 11.4 Å². The molecule has 0 N–H and O–H groups in total. The fraction of sp³-hybridized carbons (Fsp3) is 0.125. The van der Waals surface area contributed by atoms with Crippen molar-refractivity contribution in [1.29, 1.82) is 0 Å². The Labute approximate surface area is 257 Å². The second-order valence-electron chi connectivity index (χ2n) is 9.62. The van der Waals surface area contributed by atoms with Crippen LogP contribution in [0.4, 0.5) is 20.2 Å². The number of halogens is 2. The zero-order chi connectivity index (χ0) is 32.7. The number of nitro benzene ring substituents is 2. The van der Waals surface area contributed by atoms with Crippen molar-refractivity contribution < 1.29 is 36.5 Å². The molecule has 0 spiro atoms. The first-order chi connectivity index (χ1) is 21.4. The van der Waals surface area contributed by atoms with Crippen LogP contribution in [0.1, 0.15) is 32.8 Å². The van der Waals surface area contributed by atoms with E-state index in [4.69, 9.17) is 9.47 Å². The van der Waals surface area contributed by atoms with Gasteiger partial charge >= 0.3 is 0 Å². The fourth-order valence-corrected chi connectivity index (χ4v) is 6.59. The summed E-state index contributed by atoms with van der Waals surface area (Å²) in [6, 6.07) is 17.4. The van der Waals surface area contributed by atoms with Crippen molar-refractivity contribution in [3.05, 3.63) is 151 Å². The smallest absolute Gasteiger partial charge is 0.270 e. The number of methoxy groups -OCH3 is 2. The molecule has 0 saturated heterocycles. The van der Waals surface area contributed by atoms with E-state index in [0.29, 0.717) is 11.1 Å². The molecule has 0 bridgehead atoms. The average molecular weight is 637 g/mol. The van der Waals surface area contributed by atoms with E-state index in [-0.39, 0.29) is 22.6 Å². The zero-order valence-electron chi connectivity index (χ0n) is 23.9. The largest absolute Gasteiger partial charge is 0.496 e. The highest BCUT2D eigenvalue weighted by molar-refractivity contribution is 7.92. The normalized spacial score (nSPS) is 13.1. The molecule has 0 fully saturated rings. The number of hydrogen-bond donors (Lipinski definition) is 0. The Morgan fingerprint density at radius 1 is 0.644 bits per heavy atom. The third kappa shape index (κ3) is 7.57. The first-order valence-electron chi connectivity index (χ1n) is 13.2. The van der Waals surface area contributed by atoms with Gasteiger partial charge in [-0.3, -0.25) is 20.2 Å². The molecule has 0 radical (unpaired) electrons. The summed E-state index contributed by atoms with van der Waals surface area (Å²) in [6.45, 7) is 0. The minimum atomic E-state index is -4.60. The van der Waals surface area contributed by atoms with Crippen LogP contribution < -0.4 is 9.47 Å². The lowest BCUT2D eigenvalue weighted by Gasteiger charge is -2.24. The predicted molar refractivity (Wildman–Crippen MR) is 165 cm³/mol. The summed E-state index contributed by atoms with van der Waals surface area (Å²) < 4.78 is 67.6. The first-order valence-corrected chi connectivity index (χ1v) is 14.8. The van der Waals surface area contributed by atoms with Crippen molar-refractivity contribution in [2.75, 3.05) is 14.2 Å². The number of hydrogen-bond acceptors (Lipinski definition) is 8. The van der Waals surface area contributed by atoms with E-state index in [1.165, 1.54) is 99.2 Å². The molecular weight excluding hydrogens is 610 g/mol. The lowest BCUT2D eigenvalue weighted by molar-refractivity contribution is -0.385. The Balaban J connectivity index is 2.01. The standard InChI is InChI=1S/C32H26F2N2O8S/c1-43-29-15-13-25(35(37)38)19-27(29)31(17-7-21-3-9-23(33)10-4-21)45(41,42)32(18-8-22-5-11-24(34)12-6-22)28-20-26(36(39)40)14-16-30(28)44-2/h3-20,31-32H,1-2H3/b17-7+,18-8+. The van der Waals surface area contributed by atoms with Crippen LogP contribution in [0.15, 0.2) is 97.1 Å². The van der Waals surface area contributed by atoms with Crippen molar-refractivity contribution in [2.24, 2.45) is 0 Å². The Hall–Kier alpha value is -5.43. The average Bonchev–Trinajstić information content (AvgIpc) is 3.02. The molecule has 10 nitrogen and oxygen atoms in total. The summed E-state index contributed by atoms with van der Waals surface area (Å²) in [5.41, 5.74) is -0.149. The van der Waals surface area contributed by atoms with Gasteiger partial charge in [-0.15, -0.1) is 0 Å². The molecule has 45 heavy (non-hydrogen) atoms. The van der Waals surface area contributed by atoms with Gasteiger partial charge in [0.1, 0.15) is 33.6 Å². The fourth-order valence-electron chi connectivity index (χ4n) is 4.60. The molecular formula is C32H26F2N2O8S. The number of rotatable bonds is 12. The summed E-state index contributed by atoms with van der Waals surface area (Å²) in [4.78, 5) is 22.0. The Morgan fingerprint density at radius 2 is 1.00 bits per heavy atom. The molecule has 0 aliphatic carbocycles. The van der Waals surface area contributed by atoms with Crippen LogP contribution in [0.2, 0.25) is 0 Å². The molecule has 0 aliphatic heterocycles. The highest BCUT2D eigenvalue weighted by Crippen LogP contribution is 2.44. The van der Waals surface area contributed by atoms with Crippen LogP contribution >= 0.6 is 0 Å². The lowest BCUT2D eigenvalue weighted by Crippen LogP contribution is -2.20. The van der Waals surface area contributed by atoms with Crippen LogP contribution in [-0.2, 0) is 9.84 Å². The first kappa shape index (κ1) is 32.5. The molecule has 13 heteroatoms. The number of nitrogens with zero attached hydrogens (tertiary/aromatic N) is 2. The molecule has 2 atom stereocenters. The number of benzene rings is 4. The van der Waals surface area contributed by atoms with E-state index in [9.17, 15) is 37.4 Å². The van der Waals surface area contributed by atoms with Crippen molar-refractivity contribution in [3.63, 3.8) is 0 Å². The van der Waals surface area contributed by atoms with E-state index in [2.05, 4.69) is 0 Å². The van der Waals surface area contributed by atoms with Crippen LogP contribution in [0.3, 0.4) is 0 Å². The van der Waals surface area contributed by atoms with E-state index < -0.39 is 53.2 Å². The zero-order valence-corrected chi connectivity index (χ0v) is 24.7. The second-order valence-corrected chi connectivity index (χ2v) is 11.8. The number of sulfone groups is 1. The molecule has 0 heterocycles. The number of nitro groups is 2. The van der Waals surface area contributed by atoms with Gasteiger partial charge in [-0.1, -0.05) is 48.6 Å². The Morgan fingerprint density at radius 3 is 1.31 bits per heavy atom. The number of ether oxygens (including phenoxy) is 2. The minimum absolute atomic E-state index is 0.0187. The highest BCUT2D eigenvalue weighted by atomic mass is 32.2. The van der Waals surface area contributed by atoms with Gasteiger partial charge in [0.05, 0.1) is 24.1 Å². The predicted octanol–water partition coefficient (Wildman–Crippen LogP) is 7.42. The van der Waals surface area contributed by atoms with Crippen LogP contribution in [-0.4, -0.2) is 32.5 Å². The quantitative estimate of drug-likeness (QED) is 0.116. The van der Waals surface area contributed by atoms with Gasteiger partial charge in [-0.25, -0.2) is 17.2 Å². The van der Waals surface area contributed by atoms with Gasteiger partial charge in [-0.2, -0.15) is 0 Å². The monoisotopic (exact) mass is 636 g/mol. The maximum Gasteiger partial charge on any atom is 0.270 e. The minimum Gasteiger partial charge on any atom is -0.496 e. The summed E-state index contributed by atoms with van der Waals surface area (Å²) in [5, 5.41) is 20.1. The van der Waals surface area contributed by atoms with Gasteiger partial charge in [0, 0.05) is 35.4 Å². The molecule has 4 rings (SSSR count). The summed E-state index contributed by atoms with van der Waals surface area (Å²) >= 11 is 0. The van der Waals surface area contributed by atoms with Gasteiger partial charge in [0.2, 0.25) is 0 Å². The van der Waals surface area contributed by atoms with E-state index in [0.717, 1.165) is 24.3 Å². The Bertz CT molecular complexity index is 1750. The molecule has 0 saturated carbocycles. The van der Waals surface area contributed by atoms with Crippen molar-refractivity contribution >= 4 is 33.4 Å². The SMILES string of the molecule is COc1ccc([N+](=O)[O-])cc1C(/C=C/c1ccc(F)cc1)S(=O)(=O)C(/C=C/c1ccc(F)cc1)c1cc([N+](=O)[O-])ccc1OC. The van der Waals surface area contributed by atoms with E-state index in [1.54, 1.807) is 0 Å². The van der Waals surface area contributed by atoms with E-state index >= 15 is 0 Å². The maximum absolute atomic E-state index is 14.8. The second kappa shape index (κ2) is 13.9. The van der Waals surface area contributed by atoms with Crippen LogP contribution in [0.25, 0.3) is 12.2 Å². The van der Waals surface area contributed by atoms with Gasteiger partial charge < -0.3 is 9.47 Å². The molecule has 2 unspecified atom stereocenters. The Kier molecular flexibility index (Phi) is 10.0. The van der Waals surface area contributed by atoms with Crippen LogP contribution in [0, 0.1) is 31.9 Å². The third-order valence-electron chi connectivity index (χ3n) is 6.84. The highest BCUT2D eigenvalue weighted by Gasteiger charge is 2.38.